The second kappa shape index (κ2) is 57.1. The summed E-state index contributed by atoms with van der Waals surface area (Å²) in [5.74, 6) is 0.507. The van der Waals surface area contributed by atoms with E-state index in [2.05, 4.69) is 274 Å². The number of hydrogen-bond acceptors (Lipinski definition) is 12. The molecule has 150 heavy (non-hydrogen) atoms. The largest absolute Gasteiger partial charge is 0.512 e. The number of carbonyl (C=O) groups is 2. The molecule has 0 saturated heterocycles. The Balaban J connectivity index is 0.000000270. The molecule has 21 rings (SSSR count). The van der Waals surface area contributed by atoms with Crippen LogP contribution in [0.15, 0.2) is 406 Å². The first kappa shape index (κ1) is 125. The molecule has 0 atom stereocenters. The third-order valence-corrected chi connectivity index (χ3v) is 23.9. The first-order valence-electron chi connectivity index (χ1n) is 46.8. The summed E-state index contributed by atoms with van der Waals surface area (Å²) in [6.45, 7) is 26.2. The van der Waals surface area contributed by atoms with Crippen LogP contribution in [0.25, 0.3) is 123 Å². The molecule has 0 spiro atoms. The number of alkyl halides is 3. The number of aromatic hydroxyl groups is 2. The number of rotatable bonds is 11. The van der Waals surface area contributed by atoms with Crippen molar-refractivity contribution in [1.29, 1.82) is 0 Å². The van der Waals surface area contributed by atoms with Crippen molar-refractivity contribution in [1.82, 2.24) is 29.9 Å². The number of carbonyl (C=O) groups excluding carboxylic acids is 2. The maximum absolute atomic E-state index is 12.5. The normalized spacial score (nSPS) is 11.4. The minimum atomic E-state index is -4.34. The number of pyridine rings is 7. The first-order valence-corrected chi connectivity index (χ1v) is 46.8. The van der Waals surface area contributed by atoms with Crippen LogP contribution in [0.4, 0.5) is 13.2 Å². The van der Waals surface area contributed by atoms with E-state index in [1.807, 2.05) is 171 Å². The molecule has 779 valence electrons. The molecular formula is C130H127F3Ir3N7O6Pt-3. The molecule has 0 amide bonds. The predicted molar refractivity (Wildman–Crippen MR) is 594 cm³/mol. The average molecular weight is 2710 g/mol. The summed E-state index contributed by atoms with van der Waals surface area (Å²) >= 11 is 0. The number of para-hydroxylation sites is 3. The van der Waals surface area contributed by atoms with Gasteiger partial charge in [-0.3, -0.25) is 14.6 Å². The van der Waals surface area contributed by atoms with Crippen LogP contribution < -0.4 is 4.57 Å². The first-order chi connectivity index (χ1) is 68.1. The summed E-state index contributed by atoms with van der Waals surface area (Å²) in [5.41, 5.74) is 25.6. The van der Waals surface area contributed by atoms with Gasteiger partial charge in [0, 0.05) is 147 Å². The third kappa shape index (κ3) is 32.5. The molecule has 13 nitrogen and oxygen atoms in total. The van der Waals surface area contributed by atoms with Crippen molar-refractivity contribution in [3.8, 4) is 102 Å². The molecule has 3 radical (unpaired) electrons. The zero-order valence-corrected chi connectivity index (χ0v) is 92.5. The molecule has 8 heterocycles. The van der Waals surface area contributed by atoms with Gasteiger partial charge in [-0.25, -0.2) is 9.97 Å². The molecule has 2 aliphatic rings. The van der Waals surface area contributed by atoms with Gasteiger partial charge in [-0.05, 0) is 218 Å². The quantitative estimate of drug-likeness (QED) is 0.0415. The van der Waals surface area contributed by atoms with Crippen LogP contribution in [-0.2, 0) is 120 Å². The van der Waals surface area contributed by atoms with Crippen molar-refractivity contribution in [3.63, 3.8) is 0 Å². The van der Waals surface area contributed by atoms with Gasteiger partial charge in [0.2, 0.25) is 5.69 Å². The number of phenolic OH excluding ortho intramolecular Hbond substituents is 2. The van der Waals surface area contributed by atoms with Crippen molar-refractivity contribution in [2.45, 2.75) is 155 Å². The molecule has 12 aromatic carbocycles. The zero-order valence-electron chi connectivity index (χ0n) is 83.0. The smallest absolute Gasteiger partial charge is 0.381 e. The Bertz CT molecular complexity index is 7510. The van der Waals surface area contributed by atoms with E-state index in [1.54, 1.807) is 30.3 Å². The van der Waals surface area contributed by atoms with Crippen LogP contribution in [0.5, 0.6) is 11.5 Å². The summed E-state index contributed by atoms with van der Waals surface area (Å²) in [6, 6.07) is 130. The van der Waals surface area contributed by atoms with E-state index in [-0.39, 0.29) is 168 Å². The van der Waals surface area contributed by atoms with Crippen LogP contribution in [0.3, 0.4) is 0 Å². The number of halogens is 3. The number of allylic oxidation sites excluding steroid dienone is 4. The van der Waals surface area contributed by atoms with Crippen LogP contribution in [-0.4, -0.2) is 61.9 Å². The van der Waals surface area contributed by atoms with Crippen LogP contribution in [0, 0.1) is 31.2 Å². The van der Waals surface area contributed by atoms with Crippen LogP contribution >= 0.6 is 0 Å². The Labute approximate surface area is 937 Å². The minimum Gasteiger partial charge on any atom is -0.512 e. The van der Waals surface area contributed by atoms with Crippen molar-refractivity contribution in [2.75, 3.05) is 0 Å². The molecule has 19 aromatic rings. The Morgan fingerprint density at radius 2 is 0.887 bits per heavy atom. The SMILES string of the molecule is C.C.C.C.CC(=O)C=C(C)O.CC(=O)C=C(C)O.CC(C)(C)c1cc(-c2cc(C(C)(C)C)cc(-c3ccccc3O)n2)nc(-c2ccccc2O)c1.CC1(C)c2ccc[c-]c2-c2nccc3cccc1c23.Cc1ccc(-c2[c-]cccc2)nc1.FC(F)(F)c1c[c-]c(-c2ccc3ccccc3n2)cc1.[Ir].[Ir].[Ir].[Pt].[c-]1ccccc1-c1nccc2ccccc12.c1ccc(C(c2ccccc2)c2cc[n+]3c(c2)-c2ccccc2C3)cc1. The van der Waals surface area contributed by atoms with E-state index in [1.165, 1.54) is 118 Å². The zero-order chi connectivity index (χ0) is 101. The van der Waals surface area contributed by atoms with E-state index >= 15 is 0 Å². The molecule has 1 aliphatic carbocycles. The van der Waals surface area contributed by atoms with Gasteiger partial charge in [-0.1, -0.05) is 273 Å². The van der Waals surface area contributed by atoms with Crippen molar-refractivity contribution in [3.05, 3.63) is 486 Å². The Morgan fingerprint density at radius 1 is 0.413 bits per heavy atom. The van der Waals surface area contributed by atoms with E-state index in [0.29, 0.717) is 33.8 Å². The fraction of sp³-hybridized carbons (Fsp3) is 0.177. The van der Waals surface area contributed by atoms with Crippen LogP contribution in [0.1, 0.15) is 174 Å². The molecule has 0 saturated carbocycles. The number of phenols is 2. The fourth-order valence-electron chi connectivity index (χ4n) is 16.8. The second-order valence-corrected chi connectivity index (χ2v) is 37.1. The molecule has 0 bridgehead atoms. The summed E-state index contributed by atoms with van der Waals surface area (Å²) in [7, 11) is 0. The maximum atomic E-state index is 12.5. The summed E-state index contributed by atoms with van der Waals surface area (Å²) in [6.07, 6.45) is 5.84. The van der Waals surface area contributed by atoms with Gasteiger partial charge in [0.1, 0.15) is 11.5 Å². The standard InChI is InChI=1S/C30H32N2O2.C25H20N.C18H14N.C16H9F3N.C15H10N.C12H10N.2C5H8O2.4CH4.3Ir.Pt/c1-29(2,3)19-15-23(21-11-7-9-13-27(21)33)31-25(17-19)26-18-20(30(4,5)6)16-24(32-26)22-12-8-10-14-28(22)34;1-3-9-19(10-4-1)25(20-11-5-2-6-12-20)21-15-16-26-18-22-13-7-8-14-23(22)24(26)17-21;1-18(2)14-8-4-3-7-13(14)17-16-12(10-11-19-17)6-5-9-15(16)18;17-16(18,19)13-8-5-12(6-9-13)15-10-7-11-3-1-2-4-14(11)20-15;1-2-7-13(8-3-1)15-14-9-5-4-6-12(14)10-11-16-15;1-10-7-8-12(13-9-10)11-5-3-2-4-6-11;2*1-4(6)3-5(2)7;;;;;;;;/h7-18,33-34H,1-6H3;1-17,25H,18H2;3-6,8-11H,1-2H3;1-5,7-10H;1-7,9-11H;2-5,7-9H,1H3;2*3,6H,1-2H3;4*1H4;;;;/q;+1;4*-1;;;;;;;;;;. The monoisotopic (exact) mass is 2710 g/mol. The van der Waals surface area contributed by atoms with Crippen molar-refractivity contribution < 1.29 is 129 Å². The number of ketones is 2. The van der Waals surface area contributed by atoms with E-state index in [4.69, 9.17) is 20.2 Å². The summed E-state index contributed by atoms with van der Waals surface area (Å²) in [5, 5.41) is 43.7. The van der Waals surface area contributed by atoms with Gasteiger partial charge >= 0.3 is 6.18 Å². The predicted octanol–water partition coefficient (Wildman–Crippen LogP) is 32.9. The molecule has 7 aromatic heterocycles. The van der Waals surface area contributed by atoms with E-state index < -0.39 is 11.7 Å². The summed E-state index contributed by atoms with van der Waals surface area (Å²) < 4.78 is 39.8. The van der Waals surface area contributed by atoms with Crippen molar-refractivity contribution >= 4 is 44.0 Å². The number of hydrogen-bond donors (Lipinski definition) is 4. The van der Waals surface area contributed by atoms with Crippen LogP contribution in [0.2, 0.25) is 0 Å². The number of fused-ring (bicyclic) bond motifs is 7. The topological polar surface area (TPSA) is 196 Å². The van der Waals surface area contributed by atoms with Crippen molar-refractivity contribution in [2.24, 2.45) is 0 Å². The number of aliphatic hydroxyl groups is 2. The number of aliphatic hydroxyl groups excluding tert-OH is 2. The average Bonchev–Trinajstić information content (AvgIpc) is 0.840. The number of nitrogens with zero attached hydrogens (tertiary/aromatic N) is 7. The molecule has 4 N–H and O–H groups in total. The number of benzene rings is 12. The molecule has 0 unspecified atom stereocenters. The number of aromatic nitrogens is 7. The molecule has 20 heteroatoms. The molecule has 1 aliphatic heterocycles. The van der Waals surface area contributed by atoms with E-state index in [9.17, 15) is 33.0 Å². The molecular weight excluding hydrogens is 2580 g/mol. The second-order valence-electron chi connectivity index (χ2n) is 37.1. The van der Waals surface area contributed by atoms with Gasteiger partial charge in [-0.2, -0.15) is 17.7 Å². The summed E-state index contributed by atoms with van der Waals surface area (Å²) in [4.78, 5) is 47.7. The van der Waals surface area contributed by atoms with Gasteiger partial charge in [0.15, 0.2) is 24.3 Å². The Kier molecular flexibility index (Phi) is 47.4. The Morgan fingerprint density at radius 3 is 1.40 bits per heavy atom. The van der Waals surface area contributed by atoms with Gasteiger partial charge < -0.3 is 35.4 Å². The van der Waals surface area contributed by atoms with Gasteiger partial charge in [0.25, 0.3) is 0 Å². The minimum absolute atomic E-state index is 0. The molecule has 0 fully saturated rings. The number of aryl methyl sites for hydroxylation is 1. The third-order valence-electron chi connectivity index (χ3n) is 23.9. The van der Waals surface area contributed by atoms with Gasteiger partial charge in [-0.15, -0.1) is 137 Å². The maximum Gasteiger partial charge on any atom is 0.381 e. The van der Waals surface area contributed by atoms with Gasteiger partial charge in [0.05, 0.1) is 45.4 Å². The van der Waals surface area contributed by atoms with E-state index in [0.717, 1.165) is 85.9 Å². The fourth-order valence-corrected chi connectivity index (χ4v) is 16.8. The Hall–Kier alpha value is -14.1.